The van der Waals surface area contributed by atoms with E-state index in [9.17, 15) is 9.59 Å². The molecule has 0 aliphatic heterocycles. The van der Waals surface area contributed by atoms with Gasteiger partial charge in [0.05, 0.1) is 11.3 Å². The molecule has 1 aromatic carbocycles. The van der Waals surface area contributed by atoms with Crippen LogP contribution in [0.4, 0.5) is 5.69 Å². The lowest BCUT2D eigenvalue weighted by Gasteiger charge is -2.10. The highest BCUT2D eigenvalue weighted by Crippen LogP contribution is 2.17. The summed E-state index contributed by atoms with van der Waals surface area (Å²) in [7, 11) is 0. The molecule has 0 heterocycles. The van der Waals surface area contributed by atoms with Crippen molar-refractivity contribution >= 4 is 17.5 Å². The first-order valence-electron chi connectivity index (χ1n) is 5.75. The van der Waals surface area contributed by atoms with Crippen molar-refractivity contribution < 1.29 is 9.59 Å². The number of hydrogen-bond acceptors (Lipinski definition) is 2. The maximum absolute atomic E-state index is 12.0. The summed E-state index contributed by atoms with van der Waals surface area (Å²) in [5.41, 5.74) is 6.61. The molecular formula is C14H14N2O2. The summed E-state index contributed by atoms with van der Waals surface area (Å²) in [4.78, 5) is 23.2. The van der Waals surface area contributed by atoms with Crippen LogP contribution in [-0.4, -0.2) is 11.8 Å². The Morgan fingerprint density at radius 2 is 1.94 bits per heavy atom. The lowest BCUT2D eigenvalue weighted by Crippen LogP contribution is -2.19. The normalized spacial score (nSPS) is 13.9. The van der Waals surface area contributed by atoms with E-state index in [2.05, 4.69) is 5.32 Å². The molecule has 2 rings (SSSR count). The smallest absolute Gasteiger partial charge is 0.255 e. The molecule has 92 valence electrons. The second-order valence-corrected chi connectivity index (χ2v) is 4.00. The van der Waals surface area contributed by atoms with Crippen LogP contribution in [0.2, 0.25) is 0 Å². The molecule has 0 saturated heterocycles. The average Bonchev–Trinajstić information content (AvgIpc) is 2.40. The number of carbonyl (C=O) groups is 2. The quantitative estimate of drug-likeness (QED) is 0.850. The summed E-state index contributed by atoms with van der Waals surface area (Å²) in [6.45, 7) is 0. The zero-order chi connectivity index (χ0) is 13.0. The molecule has 1 aliphatic rings. The van der Waals surface area contributed by atoms with Crippen molar-refractivity contribution in [3.05, 3.63) is 53.6 Å². The van der Waals surface area contributed by atoms with Gasteiger partial charge in [-0.3, -0.25) is 9.59 Å². The fourth-order valence-corrected chi connectivity index (χ4v) is 1.78. The number of nitrogens with two attached hydrogens (primary N) is 1. The standard InChI is InChI=1S/C14H14N2O2/c15-13(17)11-8-4-5-9-12(11)16-14(18)10-6-2-1-3-7-10/h2,4-9H,1,3H2,(H2,15,17)(H,16,18). The highest BCUT2D eigenvalue weighted by Gasteiger charge is 2.12. The Balaban J connectivity index is 2.19. The molecule has 18 heavy (non-hydrogen) atoms. The molecule has 0 saturated carbocycles. The second-order valence-electron chi connectivity index (χ2n) is 4.00. The Morgan fingerprint density at radius 1 is 1.17 bits per heavy atom. The summed E-state index contributed by atoms with van der Waals surface area (Å²) in [5.74, 6) is -0.779. The van der Waals surface area contributed by atoms with Crippen LogP contribution in [0.1, 0.15) is 23.2 Å². The Kier molecular flexibility index (Phi) is 3.57. The summed E-state index contributed by atoms with van der Waals surface area (Å²) in [5, 5.41) is 2.70. The van der Waals surface area contributed by atoms with Gasteiger partial charge in [0.1, 0.15) is 0 Å². The van der Waals surface area contributed by atoms with Gasteiger partial charge in [0, 0.05) is 5.57 Å². The van der Waals surface area contributed by atoms with E-state index in [0.29, 0.717) is 16.8 Å². The Bertz CT molecular complexity index is 544. The Morgan fingerprint density at radius 3 is 2.61 bits per heavy atom. The number of anilines is 1. The highest BCUT2D eigenvalue weighted by atomic mass is 16.2. The minimum atomic E-state index is -0.556. The highest BCUT2D eigenvalue weighted by molar-refractivity contribution is 6.09. The van der Waals surface area contributed by atoms with Gasteiger partial charge < -0.3 is 11.1 Å². The summed E-state index contributed by atoms with van der Waals surface area (Å²) < 4.78 is 0. The number of rotatable bonds is 3. The third-order valence-electron chi connectivity index (χ3n) is 2.70. The predicted molar refractivity (Wildman–Crippen MR) is 70.0 cm³/mol. The number of nitrogens with one attached hydrogen (secondary N) is 1. The summed E-state index contributed by atoms with van der Waals surface area (Å²) in [6.07, 6.45) is 7.42. The molecule has 0 bridgehead atoms. The van der Waals surface area contributed by atoms with Crippen LogP contribution in [0.3, 0.4) is 0 Å². The number of allylic oxidation sites excluding steroid dienone is 2. The van der Waals surface area contributed by atoms with Crippen LogP contribution < -0.4 is 11.1 Å². The fraction of sp³-hybridized carbons (Fsp3) is 0.143. The number of benzene rings is 1. The van der Waals surface area contributed by atoms with Crippen LogP contribution >= 0.6 is 0 Å². The minimum absolute atomic E-state index is 0.223. The molecule has 0 atom stereocenters. The third kappa shape index (κ3) is 2.66. The van der Waals surface area contributed by atoms with Gasteiger partial charge in [-0.05, 0) is 25.0 Å². The van der Waals surface area contributed by atoms with Crippen molar-refractivity contribution in [2.45, 2.75) is 12.8 Å². The molecule has 0 fully saturated rings. The zero-order valence-corrected chi connectivity index (χ0v) is 9.85. The molecule has 1 aromatic rings. The van der Waals surface area contributed by atoms with Crippen molar-refractivity contribution in [2.75, 3.05) is 5.32 Å². The number of para-hydroxylation sites is 1. The van der Waals surface area contributed by atoms with Gasteiger partial charge in [0.15, 0.2) is 0 Å². The average molecular weight is 242 g/mol. The monoisotopic (exact) mass is 242 g/mol. The number of amides is 2. The van der Waals surface area contributed by atoms with E-state index in [-0.39, 0.29) is 5.91 Å². The number of carbonyl (C=O) groups excluding carboxylic acids is 2. The van der Waals surface area contributed by atoms with Crippen molar-refractivity contribution in [3.63, 3.8) is 0 Å². The first kappa shape index (κ1) is 12.1. The van der Waals surface area contributed by atoms with E-state index < -0.39 is 5.91 Å². The molecule has 2 amide bonds. The van der Waals surface area contributed by atoms with E-state index >= 15 is 0 Å². The third-order valence-corrected chi connectivity index (χ3v) is 2.70. The van der Waals surface area contributed by atoms with Gasteiger partial charge in [-0.1, -0.05) is 30.4 Å². The van der Waals surface area contributed by atoms with Gasteiger partial charge in [-0.2, -0.15) is 0 Å². The molecule has 4 heteroatoms. The first-order valence-corrected chi connectivity index (χ1v) is 5.75. The molecule has 3 N–H and O–H groups in total. The molecule has 1 aliphatic carbocycles. The Hall–Kier alpha value is -2.36. The van der Waals surface area contributed by atoms with E-state index in [4.69, 9.17) is 5.73 Å². The van der Waals surface area contributed by atoms with Crippen LogP contribution in [0.15, 0.2) is 48.1 Å². The van der Waals surface area contributed by atoms with Crippen molar-refractivity contribution in [1.29, 1.82) is 0 Å². The largest absolute Gasteiger partial charge is 0.366 e. The molecule has 4 nitrogen and oxygen atoms in total. The topological polar surface area (TPSA) is 72.2 Å². The van der Waals surface area contributed by atoms with E-state index in [1.54, 1.807) is 30.3 Å². The second kappa shape index (κ2) is 5.31. The van der Waals surface area contributed by atoms with Crippen LogP contribution in [0, 0.1) is 0 Å². The maximum atomic E-state index is 12.0. The van der Waals surface area contributed by atoms with Crippen molar-refractivity contribution in [2.24, 2.45) is 5.73 Å². The predicted octanol–water partition coefficient (Wildman–Crippen LogP) is 2.00. The van der Waals surface area contributed by atoms with Gasteiger partial charge in [-0.25, -0.2) is 0 Å². The zero-order valence-electron chi connectivity index (χ0n) is 9.85. The fourth-order valence-electron chi connectivity index (χ4n) is 1.78. The molecule has 0 spiro atoms. The number of primary amides is 1. The van der Waals surface area contributed by atoms with Crippen LogP contribution in [0.5, 0.6) is 0 Å². The van der Waals surface area contributed by atoms with E-state index in [0.717, 1.165) is 12.8 Å². The summed E-state index contributed by atoms with van der Waals surface area (Å²) in [6, 6.07) is 6.69. The Labute approximate surface area is 105 Å². The van der Waals surface area contributed by atoms with Gasteiger partial charge in [0.25, 0.3) is 11.8 Å². The lowest BCUT2D eigenvalue weighted by atomic mass is 10.1. The van der Waals surface area contributed by atoms with Crippen molar-refractivity contribution in [1.82, 2.24) is 0 Å². The van der Waals surface area contributed by atoms with Crippen LogP contribution in [0.25, 0.3) is 0 Å². The van der Waals surface area contributed by atoms with E-state index in [1.807, 2.05) is 12.2 Å². The van der Waals surface area contributed by atoms with Gasteiger partial charge in [0.2, 0.25) is 0 Å². The minimum Gasteiger partial charge on any atom is -0.366 e. The number of hydrogen-bond donors (Lipinski definition) is 2. The molecule has 0 radical (unpaired) electrons. The van der Waals surface area contributed by atoms with Crippen molar-refractivity contribution in [3.8, 4) is 0 Å². The lowest BCUT2D eigenvalue weighted by molar-refractivity contribution is -0.112. The molecule has 0 aromatic heterocycles. The SMILES string of the molecule is NC(=O)c1ccccc1NC(=O)C1=CCCC=C1. The van der Waals surface area contributed by atoms with Gasteiger partial charge >= 0.3 is 0 Å². The first-order chi connectivity index (χ1) is 8.68. The van der Waals surface area contributed by atoms with Gasteiger partial charge in [-0.15, -0.1) is 0 Å². The maximum Gasteiger partial charge on any atom is 0.255 e. The molecular weight excluding hydrogens is 228 g/mol. The molecule has 0 unspecified atom stereocenters. The van der Waals surface area contributed by atoms with Crippen LogP contribution in [-0.2, 0) is 4.79 Å². The van der Waals surface area contributed by atoms with E-state index in [1.165, 1.54) is 0 Å². The summed E-state index contributed by atoms with van der Waals surface area (Å²) >= 11 is 0.